The van der Waals surface area contributed by atoms with E-state index < -0.39 is 0 Å². The molecule has 0 aliphatic rings. The summed E-state index contributed by atoms with van der Waals surface area (Å²) in [4.78, 5) is 14.0. The van der Waals surface area contributed by atoms with Crippen LogP contribution in [0.1, 0.15) is 11.1 Å². The smallest absolute Gasteiger partial charge is 0.246 e. The van der Waals surface area contributed by atoms with Gasteiger partial charge in [0.1, 0.15) is 0 Å². The van der Waals surface area contributed by atoms with E-state index in [4.69, 9.17) is 14.2 Å². The summed E-state index contributed by atoms with van der Waals surface area (Å²) in [6.45, 7) is 0.555. The second-order valence-electron chi connectivity index (χ2n) is 5.47. The van der Waals surface area contributed by atoms with Gasteiger partial charge in [-0.15, -0.1) is 0 Å². The minimum atomic E-state index is -0.0856. The Morgan fingerprint density at radius 2 is 1.60 bits per heavy atom. The number of amides is 1. The molecule has 0 bridgehead atoms. The average molecular weight is 341 g/mol. The predicted octanol–water partition coefficient (Wildman–Crippen LogP) is 3.38. The molecule has 1 amide bonds. The Kier molecular flexibility index (Phi) is 6.46. The van der Waals surface area contributed by atoms with Crippen LogP contribution >= 0.6 is 0 Å². The van der Waals surface area contributed by atoms with E-state index in [2.05, 4.69) is 0 Å². The van der Waals surface area contributed by atoms with Crippen molar-refractivity contribution in [3.8, 4) is 17.2 Å². The first-order valence-electron chi connectivity index (χ1n) is 7.86. The number of hydrogen-bond donors (Lipinski definition) is 0. The van der Waals surface area contributed by atoms with Gasteiger partial charge in [-0.1, -0.05) is 30.3 Å². The van der Waals surface area contributed by atoms with Crippen molar-refractivity contribution in [1.82, 2.24) is 4.90 Å². The van der Waals surface area contributed by atoms with E-state index in [-0.39, 0.29) is 5.91 Å². The second-order valence-corrected chi connectivity index (χ2v) is 5.47. The van der Waals surface area contributed by atoms with Crippen molar-refractivity contribution >= 4 is 12.0 Å². The summed E-state index contributed by atoms with van der Waals surface area (Å²) in [5, 5.41) is 0. The highest BCUT2D eigenvalue weighted by atomic mass is 16.5. The summed E-state index contributed by atoms with van der Waals surface area (Å²) in [7, 11) is 6.44. The van der Waals surface area contributed by atoms with Crippen molar-refractivity contribution in [2.24, 2.45) is 0 Å². The normalized spacial score (nSPS) is 10.6. The molecule has 2 rings (SSSR count). The van der Waals surface area contributed by atoms with Gasteiger partial charge in [-0.25, -0.2) is 0 Å². The molecule has 0 saturated heterocycles. The molecule has 0 N–H and O–H groups in total. The highest BCUT2D eigenvalue weighted by Gasteiger charge is 2.12. The quantitative estimate of drug-likeness (QED) is 0.725. The fraction of sp³-hybridized carbons (Fsp3) is 0.250. The second kappa shape index (κ2) is 8.78. The van der Waals surface area contributed by atoms with Gasteiger partial charge >= 0.3 is 0 Å². The molecule has 132 valence electrons. The van der Waals surface area contributed by atoms with Crippen molar-refractivity contribution in [3.63, 3.8) is 0 Å². The number of carbonyl (C=O) groups excluding carboxylic acids is 1. The molecule has 0 atom stereocenters. The van der Waals surface area contributed by atoms with Crippen molar-refractivity contribution in [2.45, 2.75) is 6.54 Å². The highest BCUT2D eigenvalue weighted by Crippen LogP contribution is 2.38. The van der Waals surface area contributed by atoms with Crippen LogP contribution in [0.25, 0.3) is 6.08 Å². The molecule has 0 saturated carbocycles. The first kappa shape index (κ1) is 18.4. The molecular weight excluding hydrogens is 318 g/mol. The molecule has 0 heterocycles. The van der Waals surface area contributed by atoms with Crippen LogP contribution in [-0.2, 0) is 11.3 Å². The monoisotopic (exact) mass is 341 g/mol. The molecule has 0 aromatic heterocycles. The number of carbonyl (C=O) groups is 1. The Morgan fingerprint density at radius 3 is 2.12 bits per heavy atom. The van der Waals surface area contributed by atoms with Gasteiger partial charge in [0, 0.05) is 19.7 Å². The van der Waals surface area contributed by atoms with E-state index in [1.807, 2.05) is 30.3 Å². The first-order valence-corrected chi connectivity index (χ1v) is 7.86. The Hall–Kier alpha value is -2.95. The van der Waals surface area contributed by atoms with Gasteiger partial charge in [0.05, 0.1) is 21.3 Å². The fourth-order valence-electron chi connectivity index (χ4n) is 2.43. The number of methoxy groups -OCH3 is 3. The molecule has 2 aromatic rings. The van der Waals surface area contributed by atoms with Crippen LogP contribution in [-0.4, -0.2) is 39.2 Å². The maximum Gasteiger partial charge on any atom is 0.246 e. The number of likely N-dealkylation sites (N-methyl/N-ethyl adjacent to an activating group) is 1. The van der Waals surface area contributed by atoms with Crippen molar-refractivity contribution in [2.75, 3.05) is 28.4 Å². The lowest BCUT2D eigenvalue weighted by molar-refractivity contribution is -0.125. The average Bonchev–Trinajstić information content (AvgIpc) is 2.65. The van der Waals surface area contributed by atoms with Crippen LogP contribution in [0.5, 0.6) is 17.2 Å². The SMILES string of the molecule is COc1cc(C=CC(=O)N(C)Cc2ccccc2)cc(OC)c1OC. The third kappa shape index (κ3) is 4.76. The van der Waals surface area contributed by atoms with Gasteiger partial charge in [0.15, 0.2) is 11.5 Å². The molecule has 0 unspecified atom stereocenters. The van der Waals surface area contributed by atoms with Gasteiger partial charge in [0.25, 0.3) is 0 Å². The zero-order valence-corrected chi connectivity index (χ0v) is 15.0. The number of ether oxygens (including phenoxy) is 3. The predicted molar refractivity (Wildman–Crippen MR) is 98.0 cm³/mol. The largest absolute Gasteiger partial charge is 0.493 e. The molecule has 0 spiro atoms. The van der Waals surface area contributed by atoms with E-state index in [1.165, 1.54) is 6.08 Å². The number of hydrogen-bond acceptors (Lipinski definition) is 4. The summed E-state index contributed by atoms with van der Waals surface area (Å²) in [5.74, 6) is 1.53. The molecule has 0 fully saturated rings. The molecule has 5 nitrogen and oxygen atoms in total. The first-order chi connectivity index (χ1) is 12.1. The Labute approximate surface area is 148 Å². The molecular formula is C20H23NO4. The van der Waals surface area contributed by atoms with Gasteiger partial charge in [0.2, 0.25) is 11.7 Å². The van der Waals surface area contributed by atoms with E-state index in [9.17, 15) is 4.79 Å². The number of nitrogens with zero attached hydrogens (tertiary/aromatic N) is 1. The van der Waals surface area contributed by atoms with Gasteiger partial charge in [-0.05, 0) is 29.3 Å². The van der Waals surface area contributed by atoms with Crippen LogP contribution in [0.15, 0.2) is 48.5 Å². The van der Waals surface area contributed by atoms with Crippen LogP contribution in [0.2, 0.25) is 0 Å². The topological polar surface area (TPSA) is 48.0 Å². The van der Waals surface area contributed by atoms with Gasteiger partial charge in [-0.2, -0.15) is 0 Å². The fourth-order valence-corrected chi connectivity index (χ4v) is 2.43. The summed E-state index contributed by atoms with van der Waals surface area (Å²) >= 11 is 0. The molecule has 0 aliphatic carbocycles. The molecule has 0 radical (unpaired) electrons. The summed E-state index contributed by atoms with van der Waals surface area (Å²) in [6, 6.07) is 13.4. The van der Waals surface area contributed by atoms with Crippen molar-refractivity contribution < 1.29 is 19.0 Å². The van der Waals surface area contributed by atoms with Crippen molar-refractivity contribution in [1.29, 1.82) is 0 Å². The van der Waals surface area contributed by atoms with E-state index in [1.54, 1.807) is 51.5 Å². The van der Waals surface area contributed by atoms with Crippen molar-refractivity contribution in [3.05, 3.63) is 59.7 Å². The molecule has 2 aromatic carbocycles. The third-order valence-electron chi connectivity index (χ3n) is 3.74. The van der Waals surface area contributed by atoms with Crippen LogP contribution in [0.3, 0.4) is 0 Å². The molecule has 25 heavy (non-hydrogen) atoms. The van der Waals surface area contributed by atoms with E-state index in [0.717, 1.165) is 11.1 Å². The van der Waals surface area contributed by atoms with Crippen LogP contribution < -0.4 is 14.2 Å². The zero-order chi connectivity index (χ0) is 18.2. The molecule has 5 heteroatoms. The summed E-state index contributed by atoms with van der Waals surface area (Å²) in [5.41, 5.74) is 1.87. The van der Waals surface area contributed by atoms with Crippen LogP contribution in [0, 0.1) is 0 Å². The summed E-state index contributed by atoms with van der Waals surface area (Å²) < 4.78 is 15.9. The Bertz CT molecular complexity index is 716. The zero-order valence-electron chi connectivity index (χ0n) is 15.0. The lowest BCUT2D eigenvalue weighted by Crippen LogP contribution is -2.24. The lowest BCUT2D eigenvalue weighted by atomic mass is 10.1. The third-order valence-corrected chi connectivity index (χ3v) is 3.74. The Morgan fingerprint density at radius 1 is 1.00 bits per heavy atom. The minimum Gasteiger partial charge on any atom is -0.493 e. The standard InChI is InChI=1S/C20H23NO4/c1-21(14-15-8-6-5-7-9-15)19(22)11-10-16-12-17(23-2)20(25-4)18(13-16)24-3/h5-13H,14H2,1-4H3. The van der Waals surface area contributed by atoms with Gasteiger partial charge in [-0.3, -0.25) is 4.79 Å². The molecule has 0 aliphatic heterocycles. The Balaban J connectivity index is 2.13. The van der Waals surface area contributed by atoms with E-state index in [0.29, 0.717) is 23.8 Å². The number of rotatable bonds is 7. The summed E-state index contributed by atoms with van der Waals surface area (Å²) in [6.07, 6.45) is 3.26. The lowest BCUT2D eigenvalue weighted by Gasteiger charge is -2.15. The van der Waals surface area contributed by atoms with Gasteiger partial charge < -0.3 is 19.1 Å². The maximum absolute atomic E-state index is 12.3. The number of benzene rings is 2. The van der Waals surface area contributed by atoms with Crippen LogP contribution in [0.4, 0.5) is 0 Å². The van der Waals surface area contributed by atoms with E-state index >= 15 is 0 Å². The minimum absolute atomic E-state index is 0.0856. The maximum atomic E-state index is 12.3. The highest BCUT2D eigenvalue weighted by molar-refractivity contribution is 5.91.